The predicted octanol–water partition coefficient (Wildman–Crippen LogP) is 3.88. The standard InChI is InChI=1S/C26H34N6O2/c1-4-6-13-32-24-23(25(33)29-26(32)34)31(5-2)21(28-24)16-30-14-11-18(12-15-30)22-17(3)27-20-10-8-7-9-19(20)22/h7-10,18,27H,4-6,11-16H2,1-3H3,(H,29,33,34). The van der Waals surface area contributed by atoms with E-state index in [1.807, 2.05) is 11.5 Å². The van der Waals surface area contributed by atoms with E-state index in [4.69, 9.17) is 4.98 Å². The molecule has 1 aliphatic heterocycles. The van der Waals surface area contributed by atoms with E-state index in [1.54, 1.807) is 4.57 Å². The van der Waals surface area contributed by atoms with Gasteiger partial charge in [0.05, 0.1) is 6.54 Å². The lowest BCUT2D eigenvalue weighted by Gasteiger charge is -2.32. The first kappa shape index (κ1) is 22.7. The molecule has 1 aromatic carbocycles. The monoisotopic (exact) mass is 462 g/mol. The van der Waals surface area contributed by atoms with E-state index in [0.717, 1.165) is 44.6 Å². The van der Waals surface area contributed by atoms with Crippen molar-refractivity contribution in [1.29, 1.82) is 0 Å². The lowest BCUT2D eigenvalue weighted by atomic mass is 9.87. The molecular weight excluding hydrogens is 428 g/mol. The number of aromatic amines is 2. The minimum atomic E-state index is -0.367. The van der Waals surface area contributed by atoms with Crippen LogP contribution in [-0.2, 0) is 19.6 Å². The van der Waals surface area contributed by atoms with Gasteiger partial charge in [0, 0.05) is 29.7 Å². The van der Waals surface area contributed by atoms with Crippen LogP contribution in [0.2, 0.25) is 0 Å². The molecule has 2 N–H and O–H groups in total. The Labute approximate surface area is 198 Å². The van der Waals surface area contributed by atoms with E-state index in [1.165, 1.54) is 22.2 Å². The summed E-state index contributed by atoms with van der Waals surface area (Å²) in [6.07, 6.45) is 4.03. The highest BCUT2D eigenvalue weighted by Gasteiger charge is 2.26. The van der Waals surface area contributed by atoms with Gasteiger partial charge >= 0.3 is 5.69 Å². The second-order valence-electron chi connectivity index (χ2n) is 9.47. The van der Waals surface area contributed by atoms with Gasteiger partial charge in [-0.25, -0.2) is 9.78 Å². The smallest absolute Gasteiger partial charge is 0.330 e. The number of unbranched alkanes of at least 4 members (excludes halogenated alkanes) is 1. The number of piperidine rings is 1. The van der Waals surface area contributed by atoms with Crippen LogP contribution in [0.5, 0.6) is 0 Å². The van der Waals surface area contributed by atoms with E-state index in [0.29, 0.717) is 36.7 Å². The molecule has 180 valence electrons. The molecule has 8 nitrogen and oxygen atoms in total. The lowest BCUT2D eigenvalue weighted by Crippen LogP contribution is -2.33. The number of aryl methyl sites for hydroxylation is 3. The number of hydrogen-bond donors (Lipinski definition) is 2. The fraction of sp³-hybridized carbons (Fsp3) is 0.500. The highest BCUT2D eigenvalue weighted by atomic mass is 16.2. The van der Waals surface area contributed by atoms with Gasteiger partial charge in [-0.3, -0.25) is 19.2 Å². The largest absolute Gasteiger partial charge is 0.358 e. The molecule has 0 saturated carbocycles. The van der Waals surface area contributed by atoms with Crippen LogP contribution in [-0.4, -0.2) is 42.1 Å². The predicted molar refractivity (Wildman–Crippen MR) is 135 cm³/mol. The Morgan fingerprint density at radius 1 is 1.06 bits per heavy atom. The number of benzene rings is 1. The second kappa shape index (κ2) is 9.25. The average molecular weight is 463 g/mol. The molecule has 34 heavy (non-hydrogen) atoms. The van der Waals surface area contributed by atoms with Crippen LogP contribution in [0.3, 0.4) is 0 Å². The summed E-state index contributed by atoms with van der Waals surface area (Å²) in [6.45, 7) is 10.2. The third kappa shape index (κ3) is 3.90. The summed E-state index contributed by atoms with van der Waals surface area (Å²) in [5.41, 5.74) is 4.27. The van der Waals surface area contributed by atoms with Crippen molar-refractivity contribution in [2.75, 3.05) is 13.1 Å². The molecule has 3 aromatic heterocycles. The van der Waals surface area contributed by atoms with Crippen LogP contribution in [0.25, 0.3) is 22.1 Å². The number of likely N-dealkylation sites (tertiary alicyclic amines) is 1. The van der Waals surface area contributed by atoms with Gasteiger partial charge < -0.3 is 9.55 Å². The van der Waals surface area contributed by atoms with Gasteiger partial charge in [0.1, 0.15) is 5.82 Å². The Bertz CT molecular complexity index is 1430. The maximum Gasteiger partial charge on any atom is 0.330 e. The van der Waals surface area contributed by atoms with E-state index >= 15 is 0 Å². The Morgan fingerprint density at radius 3 is 2.56 bits per heavy atom. The number of aromatic nitrogens is 5. The number of rotatable bonds is 7. The molecule has 0 radical (unpaired) electrons. The summed E-state index contributed by atoms with van der Waals surface area (Å²) in [6, 6.07) is 8.57. The van der Waals surface area contributed by atoms with Crippen molar-refractivity contribution in [2.24, 2.45) is 0 Å². The summed E-state index contributed by atoms with van der Waals surface area (Å²) in [5, 5.41) is 1.34. The zero-order chi connectivity index (χ0) is 23.8. The molecular formula is C26H34N6O2. The van der Waals surface area contributed by atoms with Crippen molar-refractivity contribution in [3.8, 4) is 0 Å². The van der Waals surface area contributed by atoms with Crippen molar-refractivity contribution >= 4 is 22.1 Å². The fourth-order valence-electron chi connectivity index (χ4n) is 5.61. The molecule has 0 unspecified atom stereocenters. The number of fused-ring (bicyclic) bond motifs is 2. The number of para-hydroxylation sites is 1. The summed E-state index contributed by atoms with van der Waals surface area (Å²) >= 11 is 0. The van der Waals surface area contributed by atoms with Crippen molar-refractivity contribution in [2.45, 2.75) is 72.0 Å². The van der Waals surface area contributed by atoms with E-state index in [2.05, 4.69) is 53.0 Å². The molecule has 1 saturated heterocycles. The molecule has 1 fully saturated rings. The molecule has 0 amide bonds. The maximum atomic E-state index is 12.7. The van der Waals surface area contributed by atoms with E-state index in [-0.39, 0.29) is 11.2 Å². The van der Waals surface area contributed by atoms with Gasteiger partial charge in [0.25, 0.3) is 5.56 Å². The highest BCUT2D eigenvalue weighted by Crippen LogP contribution is 2.35. The van der Waals surface area contributed by atoms with Gasteiger partial charge in [0.15, 0.2) is 11.2 Å². The summed E-state index contributed by atoms with van der Waals surface area (Å²) in [4.78, 5) is 38.5. The molecule has 0 aliphatic carbocycles. The molecule has 4 heterocycles. The SMILES string of the molecule is CCCCn1c(=O)[nH]c(=O)c2c1nc(CN1CCC(c3c(C)[nH]c4ccccc34)CC1)n2CC. The molecule has 0 spiro atoms. The first-order chi connectivity index (χ1) is 16.5. The average Bonchev–Trinajstić information content (AvgIpc) is 3.36. The van der Waals surface area contributed by atoms with Gasteiger partial charge in [-0.2, -0.15) is 0 Å². The molecule has 0 atom stereocenters. The highest BCUT2D eigenvalue weighted by molar-refractivity contribution is 5.85. The molecule has 8 heteroatoms. The van der Waals surface area contributed by atoms with E-state index < -0.39 is 0 Å². The lowest BCUT2D eigenvalue weighted by molar-refractivity contribution is 0.198. The Kier molecular flexibility index (Phi) is 6.16. The number of imidazole rings is 1. The number of hydrogen-bond acceptors (Lipinski definition) is 4. The summed E-state index contributed by atoms with van der Waals surface area (Å²) in [7, 11) is 0. The van der Waals surface area contributed by atoms with Gasteiger partial charge in [-0.05, 0) is 63.7 Å². The normalized spacial score (nSPS) is 15.6. The second-order valence-corrected chi connectivity index (χ2v) is 9.47. The fourth-order valence-corrected chi connectivity index (χ4v) is 5.61. The third-order valence-corrected chi connectivity index (χ3v) is 7.32. The van der Waals surface area contributed by atoms with Crippen molar-refractivity contribution in [1.82, 2.24) is 29.0 Å². The first-order valence-corrected chi connectivity index (χ1v) is 12.5. The molecule has 1 aliphatic rings. The van der Waals surface area contributed by atoms with Crippen LogP contribution < -0.4 is 11.2 Å². The van der Waals surface area contributed by atoms with Crippen LogP contribution >= 0.6 is 0 Å². The number of H-pyrrole nitrogens is 2. The third-order valence-electron chi connectivity index (χ3n) is 7.32. The first-order valence-electron chi connectivity index (χ1n) is 12.5. The Balaban J connectivity index is 1.39. The van der Waals surface area contributed by atoms with Gasteiger partial charge in [-0.15, -0.1) is 0 Å². The zero-order valence-corrected chi connectivity index (χ0v) is 20.4. The number of nitrogens with zero attached hydrogens (tertiary/aromatic N) is 4. The van der Waals surface area contributed by atoms with Crippen molar-refractivity contribution < 1.29 is 0 Å². The maximum absolute atomic E-state index is 12.7. The molecule has 0 bridgehead atoms. The minimum Gasteiger partial charge on any atom is -0.358 e. The Hall–Kier alpha value is -3.13. The topological polar surface area (TPSA) is 91.7 Å². The zero-order valence-electron chi connectivity index (χ0n) is 20.4. The Morgan fingerprint density at radius 2 is 1.82 bits per heavy atom. The van der Waals surface area contributed by atoms with Crippen LogP contribution in [0.4, 0.5) is 0 Å². The van der Waals surface area contributed by atoms with Crippen molar-refractivity contribution in [3.63, 3.8) is 0 Å². The van der Waals surface area contributed by atoms with Crippen molar-refractivity contribution in [3.05, 3.63) is 62.2 Å². The van der Waals surface area contributed by atoms with E-state index in [9.17, 15) is 9.59 Å². The molecule has 5 rings (SSSR count). The quantitative estimate of drug-likeness (QED) is 0.436. The van der Waals surface area contributed by atoms with Crippen LogP contribution in [0.15, 0.2) is 33.9 Å². The summed E-state index contributed by atoms with van der Waals surface area (Å²) < 4.78 is 3.61. The molecule has 4 aromatic rings. The van der Waals surface area contributed by atoms with Crippen LogP contribution in [0, 0.1) is 6.92 Å². The van der Waals surface area contributed by atoms with Crippen LogP contribution in [0.1, 0.15) is 62.5 Å². The number of nitrogens with one attached hydrogen (secondary N) is 2. The van der Waals surface area contributed by atoms with Gasteiger partial charge in [-0.1, -0.05) is 31.5 Å². The summed E-state index contributed by atoms with van der Waals surface area (Å²) in [5.74, 6) is 1.40. The minimum absolute atomic E-state index is 0.345. The van der Waals surface area contributed by atoms with Gasteiger partial charge in [0.2, 0.25) is 0 Å².